The summed E-state index contributed by atoms with van der Waals surface area (Å²) in [7, 11) is 0. The first-order valence-electron chi connectivity index (χ1n) is 7.63. The lowest BCUT2D eigenvalue weighted by molar-refractivity contribution is -0.122. The SMILES string of the molecule is O=C(Cn1cc(COc2ccccc2F)nn1)NCc1ccccn1. The van der Waals surface area contributed by atoms with E-state index in [9.17, 15) is 9.18 Å². The van der Waals surface area contributed by atoms with Gasteiger partial charge in [-0.1, -0.05) is 23.4 Å². The molecule has 0 aliphatic heterocycles. The van der Waals surface area contributed by atoms with Gasteiger partial charge in [0.15, 0.2) is 11.6 Å². The van der Waals surface area contributed by atoms with Crippen LogP contribution in [0.25, 0.3) is 0 Å². The van der Waals surface area contributed by atoms with Crippen LogP contribution in [0.1, 0.15) is 11.4 Å². The summed E-state index contributed by atoms with van der Waals surface area (Å²) < 4.78 is 20.2. The summed E-state index contributed by atoms with van der Waals surface area (Å²) in [5, 5.41) is 10.5. The molecule has 0 aliphatic carbocycles. The van der Waals surface area contributed by atoms with Crippen LogP contribution in [-0.4, -0.2) is 25.9 Å². The maximum Gasteiger partial charge on any atom is 0.242 e. The lowest BCUT2D eigenvalue weighted by Crippen LogP contribution is -2.27. The molecule has 3 rings (SSSR count). The van der Waals surface area contributed by atoms with Crippen molar-refractivity contribution in [3.05, 3.63) is 72.1 Å². The number of halogens is 1. The second-order valence-corrected chi connectivity index (χ2v) is 5.22. The van der Waals surface area contributed by atoms with Gasteiger partial charge >= 0.3 is 0 Å². The molecule has 0 radical (unpaired) electrons. The molecule has 1 aromatic carbocycles. The van der Waals surface area contributed by atoms with Gasteiger partial charge in [-0.3, -0.25) is 9.78 Å². The number of hydrogen-bond donors (Lipinski definition) is 1. The number of amides is 1. The van der Waals surface area contributed by atoms with Crippen LogP contribution in [0.3, 0.4) is 0 Å². The fourth-order valence-electron chi connectivity index (χ4n) is 2.09. The highest BCUT2D eigenvalue weighted by Crippen LogP contribution is 2.16. The third kappa shape index (κ3) is 4.84. The highest BCUT2D eigenvalue weighted by molar-refractivity contribution is 5.75. The first-order chi connectivity index (χ1) is 12.2. The third-order valence-corrected chi connectivity index (χ3v) is 3.30. The molecule has 2 aromatic heterocycles. The van der Waals surface area contributed by atoms with E-state index in [-0.39, 0.29) is 24.8 Å². The zero-order valence-corrected chi connectivity index (χ0v) is 13.3. The molecule has 0 spiro atoms. The molecular formula is C17H16FN5O2. The summed E-state index contributed by atoms with van der Waals surface area (Å²) in [5.41, 5.74) is 1.27. The number of para-hydroxylation sites is 1. The molecule has 0 fully saturated rings. The number of nitrogens with zero attached hydrogens (tertiary/aromatic N) is 4. The Bertz CT molecular complexity index is 838. The van der Waals surface area contributed by atoms with Gasteiger partial charge in [-0.15, -0.1) is 5.10 Å². The standard InChI is InChI=1S/C17H16FN5O2/c18-15-6-1-2-7-16(15)25-12-14-10-23(22-21-14)11-17(24)20-9-13-5-3-4-8-19-13/h1-8,10H,9,11-12H2,(H,20,24). The predicted molar refractivity (Wildman–Crippen MR) is 86.8 cm³/mol. The monoisotopic (exact) mass is 341 g/mol. The molecule has 1 N–H and O–H groups in total. The van der Waals surface area contributed by atoms with Gasteiger partial charge < -0.3 is 10.1 Å². The van der Waals surface area contributed by atoms with Gasteiger partial charge in [-0.25, -0.2) is 9.07 Å². The second-order valence-electron chi connectivity index (χ2n) is 5.22. The number of rotatable bonds is 7. The van der Waals surface area contributed by atoms with E-state index in [0.717, 1.165) is 5.69 Å². The highest BCUT2D eigenvalue weighted by atomic mass is 19.1. The number of carbonyl (C=O) groups excluding carboxylic acids is 1. The Morgan fingerprint density at radius 3 is 2.80 bits per heavy atom. The molecule has 0 atom stereocenters. The fraction of sp³-hybridized carbons (Fsp3) is 0.176. The van der Waals surface area contributed by atoms with Crippen LogP contribution >= 0.6 is 0 Å². The zero-order valence-electron chi connectivity index (χ0n) is 13.3. The molecule has 25 heavy (non-hydrogen) atoms. The third-order valence-electron chi connectivity index (χ3n) is 3.30. The van der Waals surface area contributed by atoms with Crippen molar-refractivity contribution in [1.29, 1.82) is 0 Å². The molecule has 0 saturated heterocycles. The molecule has 0 unspecified atom stereocenters. The van der Waals surface area contributed by atoms with E-state index in [2.05, 4.69) is 20.6 Å². The average molecular weight is 341 g/mol. The quantitative estimate of drug-likeness (QED) is 0.707. The topological polar surface area (TPSA) is 81.9 Å². The summed E-state index contributed by atoms with van der Waals surface area (Å²) in [6, 6.07) is 11.6. The molecule has 8 heteroatoms. The Kier molecular flexibility index (Phi) is 5.30. The zero-order chi connectivity index (χ0) is 17.5. The minimum absolute atomic E-state index is 0.0273. The van der Waals surface area contributed by atoms with E-state index >= 15 is 0 Å². The van der Waals surface area contributed by atoms with Gasteiger partial charge in [-0.05, 0) is 24.3 Å². The van der Waals surface area contributed by atoms with E-state index in [1.54, 1.807) is 24.5 Å². The van der Waals surface area contributed by atoms with Crippen LogP contribution in [0.2, 0.25) is 0 Å². The number of aromatic nitrogens is 4. The number of ether oxygens (including phenoxy) is 1. The molecule has 128 valence electrons. The molecule has 0 bridgehead atoms. The fourth-order valence-corrected chi connectivity index (χ4v) is 2.09. The smallest absolute Gasteiger partial charge is 0.242 e. The largest absolute Gasteiger partial charge is 0.484 e. The van der Waals surface area contributed by atoms with Crippen LogP contribution in [0.4, 0.5) is 4.39 Å². The summed E-state index contributed by atoms with van der Waals surface area (Å²) in [4.78, 5) is 16.0. The lowest BCUT2D eigenvalue weighted by Gasteiger charge is -2.05. The maximum absolute atomic E-state index is 13.5. The van der Waals surface area contributed by atoms with Gasteiger partial charge in [0.25, 0.3) is 0 Å². The van der Waals surface area contributed by atoms with Gasteiger partial charge in [-0.2, -0.15) is 0 Å². The number of carbonyl (C=O) groups is 1. The summed E-state index contributed by atoms with van der Waals surface area (Å²) >= 11 is 0. The second kappa shape index (κ2) is 8.00. The van der Waals surface area contributed by atoms with Gasteiger partial charge in [0.05, 0.1) is 18.4 Å². The van der Waals surface area contributed by atoms with Crippen LogP contribution in [0.15, 0.2) is 54.9 Å². The molecule has 2 heterocycles. The van der Waals surface area contributed by atoms with Crippen molar-refractivity contribution in [2.45, 2.75) is 19.7 Å². The van der Waals surface area contributed by atoms with E-state index in [1.165, 1.54) is 16.8 Å². The van der Waals surface area contributed by atoms with Crippen molar-refractivity contribution in [3.8, 4) is 5.75 Å². The van der Waals surface area contributed by atoms with Gasteiger partial charge in [0.2, 0.25) is 5.91 Å². The van der Waals surface area contributed by atoms with Crippen molar-refractivity contribution in [3.63, 3.8) is 0 Å². The summed E-state index contributed by atoms with van der Waals surface area (Å²) in [6.45, 7) is 0.438. The minimum Gasteiger partial charge on any atom is -0.484 e. The highest BCUT2D eigenvalue weighted by Gasteiger charge is 2.08. The van der Waals surface area contributed by atoms with Gasteiger partial charge in [0.1, 0.15) is 18.8 Å². The summed E-state index contributed by atoms with van der Waals surface area (Å²) in [6.07, 6.45) is 3.25. The number of nitrogens with one attached hydrogen (secondary N) is 1. The normalized spacial score (nSPS) is 10.4. The maximum atomic E-state index is 13.5. The van der Waals surface area contributed by atoms with Crippen molar-refractivity contribution in [1.82, 2.24) is 25.3 Å². The van der Waals surface area contributed by atoms with Crippen molar-refractivity contribution >= 4 is 5.91 Å². The van der Waals surface area contributed by atoms with E-state index < -0.39 is 5.82 Å². The minimum atomic E-state index is -0.441. The van der Waals surface area contributed by atoms with E-state index in [0.29, 0.717) is 12.2 Å². The Morgan fingerprint density at radius 2 is 2.00 bits per heavy atom. The number of pyridine rings is 1. The van der Waals surface area contributed by atoms with Crippen LogP contribution in [-0.2, 0) is 24.5 Å². The van der Waals surface area contributed by atoms with Crippen molar-refractivity contribution < 1.29 is 13.9 Å². The molecule has 0 aliphatic rings. The Labute approximate surface area is 143 Å². The first-order valence-corrected chi connectivity index (χ1v) is 7.63. The number of benzene rings is 1. The van der Waals surface area contributed by atoms with Gasteiger partial charge in [0, 0.05) is 6.20 Å². The molecule has 1 amide bonds. The van der Waals surface area contributed by atoms with E-state index in [4.69, 9.17) is 4.74 Å². The van der Waals surface area contributed by atoms with Crippen LogP contribution < -0.4 is 10.1 Å². The Morgan fingerprint density at radius 1 is 1.16 bits per heavy atom. The number of hydrogen-bond acceptors (Lipinski definition) is 5. The Balaban J connectivity index is 1.48. The average Bonchev–Trinajstić information content (AvgIpc) is 3.07. The molecule has 7 nitrogen and oxygen atoms in total. The Hall–Kier alpha value is -3.29. The van der Waals surface area contributed by atoms with Crippen LogP contribution in [0, 0.1) is 5.82 Å². The van der Waals surface area contributed by atoms with Crippen LogP contribution in [0.5, 0.6) is 5.75 Å². The van der Waals surface area contributed by atoms with E-state index in [1.807, 2.05) is 18.2 Å². The summed E-state index contributed by atoms with van der Waals surface area (Å²) in [5.74, 6) is -0.508. The molecule has 3 aromatic rings. The molecular weight excluding hydrogens is 325 g/mol. The molecule has 0 saturated carbocycles. The predicted octanol–water partition coefficient (Wildman–Crippen LogP) is 1.71. The lowest BCUT2D eigenvalue weighted by atomic mass is 10.3. The van der Waals surface area contributed by atoms with Crippen molar-refractivity contribution in [2.24, 2.45) is 0 Å². The first kappa shape index (κ1) is 16.6. The van der Waals surface area contributed by atoms with Crippen molar-refractivity contribution in [2.75, 3.05) is 0 Å².